The normalized spacial score (nSPS) is 17.3. The summed E-state index contributed by atoms with van der Waals surface area (Å²) < 4.78 is 10.9. The maximum atomic E-state index is 13.6. The molecule has 3 aromatic carbocycles. The minimum absolute atomic E-state index is 0.0640. The van der Waals surface area contributed by atoms with E-state index in [9.17, 15) is 4.79 Å². The first-order valence-corrected chi connectivity index (χ1v) is 13.2. The Bertz CT molecular complexity index is 1380. The number of anilines is 1. The number of amides is 2. The molecule has 39 heavy (non-hydrogen) atoms. The second kappa shape index (κ2) is 12.7. The van der Waals surface area contributed by atoms with Crippen molar-refractivity contribution in [2.24, 2.45) is 0 Å². The highest BCUT2D eigenvalue weighted by Gasteiger charge is 2.34. The van der Waals surface area contributed by atoms with Crippen molar-refractivity contribution in [2.75, 3.05) is 51.9 Å². The Kier molecular flexibility index (Phi) is 8.68. The number of carbonyl (C=O) groups is 1. The number of nitrogens with zero attached hydrogens (tertiary/aromatic N) is 2. The van der Waals surface area contributed by atoms with Gasteiger partial charge in [0.15, 0.2) is 0 Å². The number of benzene rings is 3. The zero-order chi connectivity index (χ0) is 27.0. The quantitative estimate of drug-likeness (QED) is 0.282. The molecule has 2 atom stereocenters. The summed E-state index contributed by atoms with van der Waals surface area (Å²) in [4.78, 5) is 20.6. The minimum atomic E-state index is -0.276. The lowest BCUT2D eigenvalue weighted by molar-refractivity contribution is 0.159. The number of urea groups is 1. The fourth-order valence-corrected chi connectivity index (χ4v) is 5.19. The molecule has 0 spiro atoms. The van der Waals surface area contributed by atoms with Crippen LogP contribution in [-0.4, -0.2) is 73.6 Å². The van der Waals surface area contributed by atoms with Crippen LogP contribution in [0.4, 0.5) is 10.5 Å². The second-order valence-corrected chi connectivity index (χ2v) is 9.64. The summed E-state index contributed by atoms with van der Waals surface area (Å²) in [5.74, 6) is 0.799. The van der Waals surface area contributed by atoms with Crippen molar-refractivity contribution < 1.29 is 19.4 Å². The van der Waals surface area contributed by atoms with E-state index in [-0.39, 0.29) is 31.2 Å². The topological polar surface area (TPSA) is 96.0 Å². The number of aromatic nitrogens is 1. The van der Waals surface area contributed by atoms with Crippen LogP contribution in [0.2, 0.25) is 0 Å². The van der Waals surface area contributed by atoms with Gasteiger partial charge in [0.25, 0.3) is 0 Å². The third-order valence-electron chi connectivity index (χ3n) is 7.06. The molecule has 0 unspecified atom stereocenters. The predicted molar refractivity (Wildman–Crippen MR) is 153 cm³/mol. The van der Waals surface area contributed by atoms with Crippen LogP contribution >= 0.6 is 0 Å². The molecule has 2 heterocycles. The Morgan fingerprint density at radius 1 is 1.03 bits per heavy atom. The van der Waals surface area contributed by atoms with E-state index in [1.807, 2.05) is 66.7 Å². The number of pyridine rings is 1. The van der Waals surface area contributed by atoms with Crippen LogP contribution in [0.3, 0.4) is 0 Å². The maximum Gasteiger partial charge on any atom is 0.319 e. The standard InChI is InChI=1S/C31H34N4O4/c1-38-16-14-35-20-27(22-8-4-2-5-9-22)28(21-35)33-31(37)34-30-26-13-12-25(39-17-15-36)18-24(26)19-32-29(30)23-10-6-3-7-11-23/h2-13,18-19,27-28,36H,14-17,20-21H2,1H3,(H2,33,34,37)/t27-,28+/m0/s1. The zero-order valence-corrected chi connectivity index (χ0v) is 22.0. The number of fused-ring (bicyclic) bond motifs is 1. The van der Waals surface area contributed by atoms with Gasteiger partial charge < -0.3 is 25.2 Å². The van der Waals surface area contributed by atoms with Crippen LogP contribution in [0.1, 0.15) is 11.5 Å². The van der Waals surface area contributed by atoms with Crippen LogP contribution in [0.15, 0.2) is 85.1 Å². The zero-order valence-electron chi connectivity index (χ0n) is 22.0. The Morgan fingerprint density at radius 2 is 1.79 bits per heavy atom. The van der Waals surface area contributed by atoms with Gasteiger partial charge in [0.1, 0.15) is 12.4 Å². The first-order valence-electron chi connectivity index (χ1n) is 13.2. The van der Waals surface area contributed by atoms with Gasteiger partial charge in [-0.25, -0.2) is 4.79 Å². The molecule has 0 saturated carbocycles. The lowest BCUT2D eigenvalue weighted by atomic mass is 9.94. The van der Waals surface area contributed by atoms with Crippen molar-refractivity contribution in [3.63, 3.8) is 0 Å². The molecule has 8 nitrogen and oxygen atoms in total. The van der Waals surface area contributed by atoms with E-state index in [1.165, 1.54) is 5.56 Å². The monoisotopic (exact) mass is 526 g/mol. The number of ether oxygens (including phenoxy) is 2. The molecule has 1 aliphatic rings. The Balaban J connectivity index is 1.43. The van der Waals surface area contributed by atoms with Gasteiger partial charge in [-0.2, -0.15) is 0 Å². The molecule has 1 aromatic heterocycles. The number of hydrogen-bond acceptors (Lipinski definition) is 6. The van der Waals surface area contributed by atoms with Gasteiger partial charge >= 0.3 is 6.03 Å². The third kappa shape index (κ3) is 6.37. The first-order chi connectivity index (χ1) is 19.2. The Morgan fingerprint density at radius 3 is 2.54 bits per heavy atom. The van der Waals surface area contributed by atoms with Crippen molar-refractivity contribution in [1.82, 2.24) is 15.2 Å². The molecule has 1 saturated heterocycles. The molecule has 3 N–H and O–H groups in total. The van der Waals surface area contributed by atoms with E-state index in [0.29, 0.717) is 23.7 Å². The summed E-state index contributed by atoms with van der Waals surface area (Å²) in [7, 11) is 1.71. The van der Waals surface area contributed by atoms with Crippen LogP contribution in [0, 0.1) is 0 Å². The lowest BCUT2D eigenvalue weighted by Crippen LogP contribution is -2.42. The van der Waals surface area contributed by atoms with E-state index >= 15 is 0 Å². The Labute approximate surface area is 228 Å². The van der Waals surface area contributed by atoms with Crippen LogP contribution in [0.5, 0.6) is 5.75 Å². The number of methoxy groups -OCH3 is 1. The third-order valence-corrected chi connectivity index (χ3v) is 7.06. The molecular weight excluding hydrogens is 492 g/mol. The minimum Gasteiger partial charge on any atom is -0.491 e. The first kappa shape index (κ1) is 26.6. The fourth-order valence-electron chi connectivity index (χ4n) is 5.19. The van der Waals surface area contributed by atoms with Gasteiger partial charge in [-0.15, -0.1) is 0 Å². The highest BCUT2D eigenvalue weighted by atomic mass is 16.5. The maximum absolute atomic E-state index is 13.6. The molecule has 0 radical (unpaired) electrons. The van der Waals surface area contributed by atoms with Crippen molar-refractivity contribution in [2.45, 2.75) is 12.0 Å². The van der Waals surface area contributed by atoms with Gasteiger partial charge in [0.2, 0.25) is 0 Å². The lowest BCUT2D eigenvalue weighted by Gasteiger charge is -2.22. The number of aliphatic hydroxyl groups is 1. The van der Waals surface area contributed by atoms with Crippen molar-refractivity contribution in [3.05, 3.63) is 90.6 Å². The SMILES string of the molecule is COCCN1C[C@@H](NC(=O)Nc2c(-c3ccccc3)ncc3cc(OCCO)ccc23)[C@H](c2ccccc2)C1. The van der Waals surface area contributed by atoms with E-state index in [0.717, 1.165) is 36.0 Å². The molecule has 4 aromatic rings. The number of carbonyl (C=O) groups excluding carboxylic acids is 1. The fraction of sp³-hybridized carbons (Fsp3) is 0.290. The van der Waals surface area contributed by atoms with Gasteiger partial charge in [-0.1, -0.05) is 60.7 Å². The highest BCUT2D eigenvalue weighted by molar-refractivity contribution is 6.06. The summed E-state index contributed by atoms with van der Waals surface area (Å²) in [6, 6.07) is 25.4. The number of nitrogens with one attached hydrogen (secondary N) is 2. The number of hydrogen-bond donors (Lipinski definition) is 3. The van der Waals surface area contributed by atoms with Crippen molar-refractivity contribution >= 4 is 22.5 Å². The molecule has 2 amide bonds. The Hall–Kier alpha value is -3.98. The van der Waals surface area contributed by atoms with E-state index in [2.05, 4.69) is 27.7 Å². The smallest absolute Gasteiger partial charge is 0.319 e. The van der Waals surface area contributed by atoms with Gasteiger partial charge in [0.05, 0.1) is 30.6 Å². The molecule has 5 rings (SSSR count). The summed E-state index contributed by atoms with van der Waals surface area (Å²) in [5, 5.41) is 17.2. The van der Waals surface area contributed by atoms with Crippen molar-refractivity contribution in [1.29, 1.82) is 0 Å². The highest BCUT2D eigenvalue weighted by Crippen LogP contribution is 2.35. The van der Waals surface area contributed by atoms with Crippen LogP contribution in [-0.2, 0) is 4.74 Å². The van der Waals surface area contributed by atoms with Crippen LogP contribution < -0.4 is 15.4 Å². The number of likely N-dealkylation sites (tertiary alicyclic amines) is 1. The van der Waals surface area contributed by atoms with Gasteiger partial charge in [-0.05, 0) is 23.8 Å². The largest absolute Gasteiger partial charge is 0.491 e. The summed E-state index contributed by atoms with van der Waals surface area (Å²) in [6.07, 6.45) is 1.78. The molecule has 1 aliphatic heterocycles. The number of rotatable bonds is 10. The molecular formula is C31H34N4O4. The van der Waals surface area contributed by atoms with Crippen molar-refractivity contribution in [3.8, 4) is 17.0 Å². The number of aliphatic hydroxyl groups excluding tert-OH is 1. The molecule has 202 valence electrons. The predicted octanol–water partition coefficient (Wildman–Crippen LogP) is 4.51. The molecule has 0 aliphatic carbocycles. The molecule has 1 fully saturated rings. The summed E-state index contributed by atoms with van der Waals surface area (Å²) >= 11 is 0. The molecule has 0 bridgehead atoms. The van der Waals surface area contributed by atoms with Crippen LogP contribution in [0.25, 0.3) is 22.0 Å². The van der Waals surface area contributed by atoms with Gasteiger partial charge in [-0.3, -0.25) is 9.88 Å². The van der Waals surface area contributed by atoms with Gasteiger partial charge in [0, 0.05) is 55.2 Å². The average Bonchev–Trinajstić information content (AvgIpc) is 3.38. The molecule has 8 heteroatoms. The van der Waals surface area contributed by atoms with E-state index in [4.69, 9.17) is 19.6 Å². The van der Waals surface area contributed by atoms with E-state index < -0.39 is 0 Å². The summed E-state index contributed by atoms with van der Waals surface area (Å²) in [6.45, 7) is 3.18. The second-order valence-electron chi connectivity index (χ2n) is 9.64. The summed E-state index contributed by atoms with van der Waals surface area (Å²) in [5.41, 5.74) is 3.43. The van der Waals surface area contributed by atoms with E-state index in [1.54, 1.807) is 13.3 Å². The average molecular weight is 527 g/mol.